The van der Waals surface area contributed by atoms with Crippen molar-refractivity contribution in [3.63, 3.8) is 0 Å². The van der Waals surface area contributed by atoms with Crippen LogP contribution in [0.3, 0.4) is 0 Å². The van der Waals surface area contributed by atoms with E-state index in [1.165, 1.54) is 18.2 Å². The molecular formula is C14H9BrClF2I. The summed E-state index contributed by atoms with van der Waals surface area (Å²) in [7, 11) is 0. The smallest absolute Gasteiger partial charge is 0.129 e. The molecule has 1 atom stereocenters. The van der Waals surface area contributed by atoms with Crippen molar-refractivity contribution >= 4 is 50.1 Å². The van der Waals surface area contributed by atoms with E-state index in [9.17, 15) is 8.78 Å². The lowest BCUT2D eigenvalue weighted by Crippen LogP contribution is -2.01. The molecule has 0 heterocycles. The zero-order valence-corrected chi connectivity index (χ0v) is 14.1. The van der Waals surface area contributed by atoms with Crippen molar-refractivity contribution in [3.05, 3.63) is 67.8 Å². The van der Waals surface area contributed by atoms with E-state index in [0.717, 1.165) is 9.13 Å². The molecule has 0 amide bonds. The van der Waals surface area contributed by atoms with Crippen molar-refractivity contribution < 1.29 is 8.78 Å². The highest BCUT2D eigenvalue weighted by molar-refractivity contribution is 14.1. The minimum absolute atomic E-state index is 0.0825. The van der Waals surface area contributed by atoms with Gasteiger partial charge in [-0.05, 0) is 58.8 Å². The fraction of sp³-hybridized carbons (Fsp3) is 0.143. The SMILES string of the molecule is Fc1cccc(F)c1CC(Br)c1ccc(I)c(Cl)c1. The molecule has 2 aromatic rings. The molecule has 2 aromatic carbocycles. The highest BCUT2D eigenvalue weighted by Crippen LogP contribution is 2.32. The van der Waals surface area contributed by atoms with Gasteiger partial charge >= 0.3 is 0 Å². The van der Waals surface area contributed by atoms with Crippen LogP contribution in [0.5, 0.6) is 0 Å². The van der Waals surface area contributed by atoms with Gasteiger partial charge < -0.3 is 0 Å². The number of hydrogen-bond donors (Lipinski definition) is 0. The Morgan fingerprint density at radius 2 is 1.79 bits per heavy atom. The van der Waals surface area contributed by atoms with Crippen molar-refractivity contribution in [1.29, 1.82) is 0 Å². The van der Waals surface area contributed by atoms with Crippen LogP contribution < -0.4 is 0 Å². The minimum atomic E-state index is -0.527. The van der Waals surface area contributed by atoms with Crippen LogP contribution in [0.1, 0.15) is 16.0 Å². The number of hydrogen-bond acceptors (Lipinski definition) is 0. The highest BCUT2D eigenvalue weighted by Gasteiger charge is 2.15. The molecule has 0 fully saturated rings. The van der Waals surface area contributed by atoms with Gasteiger partial charge in [0.25, 0.3) is 0 Å². The van der Waals surface area contributed by atoms with Crippen molar-refractivity contribution in [1.82, 2.24) is 0 Å². The van der Waals surface area contributed by atoms with E-state index in [-0.39, 0.29) is 16.8 Å². The van der Waals surface area contributed by atoms with Crippen molar-refractivity contribution in [2.45, 2.75) is 11.2 Å². The maximum absolute atomic E-state index is 13.6. The molecule has 5 heteroatoms. The highest BCUT2D eigenvalue weighted by atomic mass is 127. The van der Waals surface area contributed by atoms with Crippen LogP contribution in [0.4, 0.5) is 8.78 Å². The molecule has 0 N–H and O–H groups in total. The van der Waals surface area contributed by atoms with E-state index in [4.69, 9.17) is 11.6 Å². The summed E-state index contributed by atoms with van der Waals surface area (Å²) in [6.45, 7) is 0. The molecule has 19 heavy (non-hydrogen) atoms. The standard InChI is InChI=1S/C14H9BrClF2I/c15-10(8-4-5-14(19)11(16)6-8)7-9-12(17)2-1-3-13(9)18/h1-6,10H,7H2. The number of halogens is 5. The second-order valence-corrected chi connectivity index (χ2v) is 6.72. The molecule has 0 aliphatic rings. The molecular weight excluding hydrogens is 448 g/mol. The predicted octanol–water partition coefficient (Wildman–Crippen LogP) is 5.90. The fourth-order valence-corrected chi connectivity index (χ4v) is 2.86. The van der Waals surface area contributed by atoms with Gasteiger partial charge in [-0.15, -0.1) is 0 Å². The average molecular weight is 457 g/mol. The summed E-state index contributed by atoms with van der Waals surface area (Å²) in [6, 6.07) is 9.47. The second kappa shape index (κ2) is 6.50. The summed E-state index contributed by atoms with van der Waals surface area (Å²) < 4.78 is 28.1. The van der Waals surface area contributed by atoms with Crippen LogP contribution >= 0.6 is 50.1 Å². The summed E-state index contributed by atoms with van der Waals surface area (Å²) in [5.74, 6) is -1.05. The van der Waals surface area contributed by atoms with Gasteiger partial charge in [0.2, 0.25) is 0 Å². The van der Waals surface area contributed by atoms with Gasteiger partial charge in [0, 0.05) is 14.0 Å². The van der Waals surface area contributed by atoms with Gasteiger partial charge in [-0.1, -0.05) is 39.7 Å². The molecule has 2 rings (SSSR count). The first-order valence-corrected chi connectivity index (χ1v) is 7.88. The van der Waals surface area contributed by atoms with Crippen LogP contribution in [0, 0.1) is 15.2 Å². The summed E-state index contributed by atoms with van der Waals surface area (Å²) in [5, 5.41) is 0.636. The first-order chi connectivity index (χ1) is 8.99. The molecule has 100 valence electrons. The van der Waals surface area contributed by atoms with Crippen LogP contribution in [-0.4, -0.2) is 0 Å². The van der Waals surface area contributed by atoms with Gasteiger partial charge in [0.15, 0.2) is 0 Å². The molecule has 0 aliphatic carbocycles. The molecule has 0 radical (unpaired) electrons. The molecule has 0 bridgehead atoms. The van der Waals surface area contributed by atoms with E-state index in [2.05, 4.69) is 38.5 Å². The number of alkyl halides is 1. The zero-order chi connectivity index (χ0) is 14.0. The van der Waals surface area contributed by atoms with E-state index < -0.39 is 11.6 Å². The summed E-state index contributed by atoms with van der Waals surface area (Å²) in [5.41, 5.74) is 0.979. The zero-order valence-electron chi connectivity index (χ0n) is 9.64. The molecule has 0 spiro atoms. The predicted molar refractivity (Wildman–Crippen MR) is 85.9 cm³/mol. The quantitative estimate of drug-likeness (QED) is 0.398. The molecule has 0 aliphatic heterocycles. The van der Waals surface area contributed by atoms with Crippen molar-refractivity contribution in [3.8, 4) is 0 Å². The number of rotatable bonds is 3. The van der Waals surface area contributed by atoms with Gasteiger partial charge in [-0.25, -0.2) is 8.78 Å². The lowest BCUT2D eigenvalue weighted by atomic mass is 10.0. The largest absolute Gasteiger partial charge is 0.207 e. The Morgan fingerprint density at radius 1 is 1.16 bits per heavy atom. The molecule has 0 saturated heterocycles. The number of benzene rings is 2. The summed E-state index contributed by atoms with van der Waals surface area (Å²) >= 11 is 11.6. The van der Waals surface area contributed by atoms with Crippen molar-refractivity contribution in [2.75, 3.05) is 0 Å². The third kappa shape index (κ3) is 3.67. The lowest BCUT2D eigenvalue weighted by molar-refractivity contribution is 0.554. The maximum atomic E-state index is 13.6. The molecule has 0 aromatic heterocycles. The van der Waals surface area contributed by atoms with Gasteiger partial charge in [0.1, 0.15) is 11.6 Å². The fourth-order valence-electron chi connectivity index (χ4n) is 1.73. The Balaban J connectivity index is 2.25. The average Bonchev–Trinajstić information content (AvgIpc) is 2.37. The van der Waals surface area contributed by atoms with Gasteiger partial charge in [0.05, 0.1) is 5.02 Å². The van der Waals surface area contributed by atoms with Crippen LogP contribution in [0.2, 0.25) is 5.02 Å². The lowest BCUT2D eigenvalue weighted by Gasteiger charge is -2.12. The Labute approximate surface area is 137 Å². The summed E-state index contributed by atoms with van der Waals surface area (Å²) in [4.78, 5) is -0.187. The maximum Gasteiger partial charge on any atom is 0.129 e. The van der Waals surface area contributed by atoms with Gasteiger partial charge in [-0.2, -0.15) is 0 Å². The van der Waals surface area contributed by atoms with E-state index in [0.29, 0.717) is 5.02 Å². The minimum Gasteiger partial charge on any atom is -0.207 e. The normalized spacial score (nSPS) is 12.5. The molecule has 1 unspecified atom stereocenters. The topological polar surface area (TPSA) is 0 Å². The monoisotopic (exact) mass is 456 g/mol. The first kappa shape index (κ1) is 15.2. The molecule has 0 saturated carbocycles. The van der Waals surface area contributed by atoms with Crippen molar-refractivity contribution in [2.24, 2.45) is 0 Å². The summed E-state index contributed by atoms with van der Waals surface area (Å²) in [6.07, 6.45) is 0.232. The van der Waals surface area contributed by atoms with E-state index >= 15 is 0 Å². The third-order valence-electron chi connectivity index (χ3n) is 2.75. The van der Waals surface area contributed by atoms with E-state index in [1.54, 1.807) is 0 Å². The Morgan fingerprint density at radius 3 is 2.37 bits per heavy atom. The van der Waals surface area contributed by atoms with E-state index in [1.807, 2.05) is 18.2 Å². The van der Waals surface area contributed by atoms with Crippen LogP contribution in [0.25, 0.3) is 0 Å². The second-order valence-electron chi connectivity index (χ2n) is 4.05. The Kier molecular flexibility index (Phi) is 5.20. The van der Waals surface area contributed by atoms with Crippen LogP contribution in [-0.2, 0) is 6.42 Å². The van der Waals surface area contributed by atoms with Gasteiger partial charge in [-0.3, -0.25) is 0 Å². The van der Waals surface area contributed by atoms with Crippen LogP contribution in [0.15, 0.2) is 36.4 Å². The third-order valence-corrected chi connectivity index (χ3v) is 5.18. The Bertz CT molecular complexity index is 584. The molecule has 0 nitrogen and oxygen atoms in total. The first-order valence-electron chi connectivity index (χ1n) is 5.51. The Hall–Kier alpha value is -0.200.